The fourth-order valence-corrected chi connectivity index (χ4v) is 5.82. The summed E-state index contributed by atoms with van der Waals surface area (Å²) in [6.45, 7) is 0. The van der Waals surface area contributed by atoms with Gasteiger partial charge in [0.1, 0.15) is 0 Å². The number of hydrogen-bond acceptors (Lipinski definition) is 2. The van der Waals surface area contributed by atoms with Gasteiger partial charge in [-0.2, -0.15) is 0 Å². The molecule has 1 aliphatic heterocycles. The third-order valence-electron chi connectivity index (χ3n) is 6.35. The summed E-state index contributed by atoms with van der Waals surface area (Å²) in [6.07, 6.45) is 8.89. The molecule has 4 bridgehead atoms. The highest BCUT2D eigenvalue weighted by atomic mass is 16.2. The SMILES string of the molecule is O=C1CCC2(CC(=O)N1)C1CC3CC(C1)CC2C3. The lowest BCUT2D eigenvalue weighted by Crippen LogP contribution is -2.53. The first-order chi connectivity index (χ1) is 8.65. The Balaban J connectivity index is 1.69. The standard InChI is InChI=1S/C15H21NO2/c17-13-1-2-15(8-14(18)16-13)11-4-9-3-10(6-11)7-12(15)5-9/h9-12H,1-8H2,(H,16,17,18). The Labute approximate surface area is 108 Å². The van der Waals surface area contributed by atoms with Crippen molar-refractivity contribution in [3.8, 4) is 0 Å². The third kappa shape index (κ3) is 1.42. The van der Waals surface area contributed by atoms with Crippen molar-refractivity contribution >= 4 is 11.8 Å². The maximum Gasteiger partial charge on any atom is 0.227 e. The van der Waals surface area contributed by atoms with E-state index >= 15 is 0 Å². The molecule has 1 N–H and O–H groups in total. The minimum atomic E-state index is -0.0503. The fraction of sp³-hybridized carbons (Fsp3) is 0.867. The summed E-state index contributed by atoms with van der Waals surface area (Å²) >= 11 is 0. The van der Waals surface area contributed by atoms with E-state index in [1.807, 2.05) is 0 Å². The molecule has 1 spiro atoms. The van der Waals surface area contributed by atoms with E-state index in [1.165, 1.54) is 32.1 Å². The van der Waals surface area contributed by atoms with Gasteiger partial charge in [-0.1, -0.05) is 0 Å². The maximum atomic E-state index is 12.0. The molecule has 2 amide bonds. The molecule has 1 saturated heterocycles. The number of imide groups is 1. The Hall–Kier alpha value is -0.860. The van der Waals surface area contributed by atoms with Crippen molar-refractivity contribution in [2.75, 3.05) is 0 Å². The Morgan fingerprint density at radius 1 is 0.889 bits per heavy atom. The van der Waals surface area contributed by atoms with Gasteiger partial charge < -0.3 is 0 Å². The van der Waals surface area contributed by atoms with E-state index in [0.29, 0.717) is 12.8 Å². The minimum Gasteiger partial charge on any atom is -0.296 e. The van der Waals surface area contributed by atoms with Crippen molar-refractivity contribution < 1.29 is 9.59 Å². The second-order valence-electron chi connectivity index (χ2n) is 7.19. The highest BCUT2D eigenvalue weighted by Gasteiger charge is 2.57. The molecule has 18 heavy (non-hydrogen) atoms. The smallest absolute Gasteiger partial charge is 0.227 e. The quantitative estimate of drug-likeness (QED) is 0.667. The number of rotatable bonds is 0. The number of carbonyl (C=O) groups excluding carboxylic acids is 2. The van der Waals surface area contributed by atoms with E-state index in [2.05, 4.69) is 5.32 Å². The molecule has 3 nitrogen and oxygen atoms in total. The molecule has 0 aromatic heterocycles. The zero-order valence-corrected chi connectivity index (χ0v) is 10.8. The summed E-state index contributed by atoms with van der Waals surface area (Å²) in [5.74, 6) is 3.26. The molecule has 0 atom stereocenters. The molecule has 0 unspecified atom stereocenters. The van der Waals surface area contributed by atoms with Crippen LogP contribution in [0, 0.1) is 29.1 Å². The van der Waals surface area contributed by atoms with Gasteiger partial charge in [0.2, 0.25) is 11.8 Å². The summed E-state index contributed by atoms with van der Waals surface area (Å²) in [5, 5.41) is 2.55. The monoisotopic (exact) mass is 247 g/mol. The first-order valence-electron chi connectivity index (χ1n) is 7.48. The van der Waals surface area contributed by atoms with Gasteiger partial charge in [0.15, 0.2) is 0 Å². The normalized spacial score (nSPS) is 50.4. The molecular weight excluding hydrogens is 226 g/mol. The molecule has 98 valence electrons. The molecule has 5 fully saturated rings. The van der Waals surface area contributed by atoms with E-state index in [9.17, 15) is 9.59 Å². The number of carbonyl (C=O) groups is 2. The van der Waals surface area contributed by atoms with Gasteiger partial charge in [0.25, 0.3) is 0 Å². The molecule has 0 radical (unpaired) electrons. The molecule has 4 aliphatic carbocycles. The van der Waals surface area contributed by atoms with E-state index in [0.717, 1.165) is 30.1 Å². The van der Waals surface area contributed by atoms with Crippen molar-refractivity contribution in [2.24, 2.45) is 29.1 Å². The number of amides is 2. The zero-order chi connectivity index (χ0) is 12.3. The van der Waals surface area contributed by atoms with Crippen molar-refractivity contribution in [1.82, 2.24) is 5.32 Å². The van der Waals surface area contributed by atoms with Gasteiger partial charge in [0.05, 0.1) is 0 Å². The summed E-state index contributed by atoms with van der Waals surface area (Å²) < 4.78 is 0. The first kappa shape index (κ1) is 11.0. The fourth-order valence-electron chi connectivity index (χ4n) is 5.82. The van der Waals surface area contributed by atoms with Gasteiger partial charge in [0, 0.05) is 12.8 Å². The molecule has 0 aromatic rings. The average Bonchev–Trinajstić information content (AvgIpc) is 2.45. The number of hydrogen-bond donors (Lipinski definition) is 1. The van der Waals surface area contributed by atoms with Crippen LogP contribution in [0.5, 0.6) is 0 Å². The highest BCUT2D eigenvalue weighted by molar-refractivity contribution is 5.96. The van der Waals surface area contributed by atoms with Crippen molar-refractivity contribution in [3.63, 3.8) is 0 Å². The predicted octanol–water partition coefficient (Wildman–Crippen LogP) is 2.26. The summed E-state index contributed by atoms with van der Waals surface area (Å²) in [6, 6.07) is 0. The van der Waals surface area contributed by atoms with Crippen molar-refractivity contribution in [3.05, 3.63) is 0 Å². The third-order valence-corrected chi connectivity index (χ3v) is 6.35. The van der Waals surface area contributed by atoms with E-state index < -0.39 is 0 Å². The van der Waals surface area contributed by atoms with E-state index in [-0.39, 0.29) is 17.2 Å². The number of nitrogens with one attached hydrogen (secondary N) is 1. The van der Waals surface area contributed by atoms with Crippen LogP contribution in [0.1, 0.15) is 51.4 Å². The topological polar surface area (TPSA) is 46.2 Å². The molecule has 5 rings (SSSR count). The Morgan fingerprint density at radius 2 is 1.50 bits per heavy atom. The maximum absolute atomic E-state index is 12.0. The van der Waals surface area contributed by atoms with E-state index in [1.54, 1.807) is 0 Å². The van der Waals surface area contributed by atoms with Gasteiger partial charge >= 0.3 is 0 Å². The van der Waals surface area contributed by atoms with Gasteiger partial charge in [-0.05, 0) is 67.6 Å². The van der Waals surface area contributed by atoms with Crippen LogP contribution in [0.4, 0.5) is 0 Å². The van der Waals surface area contributed by atoms with Gasteiger partial charge in [-0.15, -0.1) is 0 Å². The van der Waals surface area contributed by atoms with E-state index in [4.69, 9.17) is 0 Å². The lowest BCUT2D eigenvalue weighted by atomic mass is 9.43. The lowest BCUT2D eigenvalue weighted by Gasteiger charge is -2.61. The van der Waals surface area contributed by atoms with Crippen LogP contribution in [0.25, 0.3) is 0 Å². The minimum absolute atomic E-state index is 0.00928. The summed E-state index contributed by atoms with van der Waals surface area (Å²) in [7, 11) is 0. The van der Waals surface area contributed by atoms with Crippen LogP contribution >= 0.6 is 0 Å². The van der Waals surface area contributed by atoms with Crippen LogP contribution in [0.2, 0.25) is 0 Å². The lowest BCUT2D eigenvalue weighted by molar-refractivity contribution is -0.140. The Bertz CT molecular complexity index is 387. The van der Waals surface area contributed by atoms with Crippen molar-refractivity contribution in [1.29, 1.82) is 0 Å². The molecule has 3 heteroatoms. The Kier molecular flexibility index (Phi) is 2.19. The largest absolute Gasteiger partial charge is 0.296 e. The molecule has 4 saturated carbocycles. The zero-order valence-electron chi connectivity index (χ0n) is 10.8. The average molecular weight is 247 g/mol. The molecule has 0 aromatic carbocycles. The summed E-state index contributed by atoms with van der Waals surface area (Å²) in [5.41, 5.74) is 0.184. The molecular formula is C15H21NO2. The van der Waals surface area contributed by atoms with Crippen molar-refractivity contribution in [2.45, 2.75) is 51.4 Å². The van der Waals surface area contributed by atoms with Crippen LogP contribution in [-0.2, 0) is 9.59 Å². The van der Waals surface area contributed by atoms with Gasteiger partial charge in [-0.3, -0.25) is 14.9 Å². The highest BCUT2D eigenvalue weighted by Crippen LogP contribution is 2.65. The molecule has 1 heterocycles. The second kappa shape index (κ2) is 3.58. The Morgan fingerprint density at radius 3 is 2.11 bits per heavy atom. The van der Waals surface area contributed by atoms with Crippen LogP contribution in [0.3, 0.4) is 0 Å². The van der Waals surface area contributed by atoms with Crippen LogP contribution in [0.15, 0.2) is 0 Å². The predicted molar refractivity (Wildman–Crippen MR) is 66.5 cm³/mol. The molecule has 5 aliphatic rings. The summed E-state index contributed by atoms with van der Waals surface area (Å²) in [4.78, 5) is 23.5. The van der Waals surface area contributed by atoms with Crippen LogP contribution < -0.4 is 5.32 Å². The van der Waals surface area contributed by atoms with Crippen LogP contribution in [-0.4, -0.2) is 11.8 Å². The first-order valence-corrected chi connectivity index (χ1v) is 7.48. The second-order valence-corrected chi connectivity index (χ2v) is 7.19. The van der Waals surface area contributed by atoms with Gasteiger partial charge in [-0.25, -0.2) is 0 Å².